The zero-order valence-electron chi connectivity index (χ0n) is 13.9. The van der Waals surface area contributed by atoms with Crippen molar-refractivity contribution in [3.8, 4) is 0 Å². The van der Waals surface area contributed by atoms with E-state index in [0.29, 0.717) is 43.1 Å². The number of carbonyl (C=O) groups is 1. The van der Waals surface area contributed by atoms with Crippen LogP contribution in [-0.2, 0) is 14.4 Å². The van der Waals surface area contributed by atoms with Crippen molar-refractivity contribution in [2.75, 3.05) is 19.8 Å². The molecule has 0 radical (unpaired) electrons. The topological polar surface area (TPSA) is 68.1 Å². The Morgan fingerprint density at radius 2 is 2.13 bits per heavy atom. The average molecular weight is 321 g/mol. The molecule has 0 aromatic carbocycles. The van der Waals surface area contributed by atoms with E-state index < -0.39 is 0 Å². The molecule has 5 nitrogen and oxygen atoms in total. The van der Waals surface area contributed by atoms with Gasteiger partial charge < -0.3 is 14.7 Å². The van der Waals surface area contributed by atoms with E-state index in [1.807, 2.05) is 6.92 Å². The van der Waals surface area contributed by atoms with Gasteiger partial charge in [-0.3, -0.25) is 4.79 Å². The van der Waals surface area contributed by atoms with Crippen LogP contribution in [0.5, 0.6) is 0 Å². The van der Waals surface area contributed by atoms with Crippen LogP contribution in [0.4, 0.5) is 0 Å². The van der Waals surface area contributed by atoms with Crippen LogP contribution in [0.25, 0.3) is 0 Å². The number of hydrogen-bond acceptors (Lipinski definition) is 5. The van der Waals surface area contributed by atoms with Gasteiger partial charge in [0.2, 0.25) is 0 Å². The van der Waals surface area contributed by atoms with Crippen LogP contribution < -0.4 is 0 Å². The van der Waals surface area contributed by atoms with Crippen molar-refractivity contribution in [3.63, 3.8) is 0 Å². The molecule has 2 rings (SSSR count). The van der Waals surface area contributed by atoms with Gasteiger partial charge in [-0.1, -0.05) is 31.2 Å². The van der Waals surface area contributed by atoms with Crippen LogP contribution in [0, 0.1) is 11.8 Å². The maximum atomic E-state index is 12.6. The molecule has 128 valence electrons. The molecule has 1 atom stereocenters. The Hall–Kier alpha value is -1.62. The number of allylic oxidation sites excluding steroid dienone is 2. The van der Waals surface area contributed by atoms with E-state index in [9.17, 15) is 9.90 Å². The molecule has 0 aromatic heterocycles. The lowest BCUT2D eigenvalue weighted by atomic mass is 9.75. The van der Waals surface area contributed by atoms with Crippen molar-refractivity contribution in [1.82, 2.24) is 0 Å². The lowest BCUT2D eigenvalue weighted by molar-refractivity contribution is -0.117. The smallest absolute Gasteiger partial charge is 0.168 e. The standard InChI is InChI=1S/C18H27NO4/c1-3-5-15(19-23-8-4-2)18-16(20)11-14(12-17(18)21)13-6-9-22-10-7-13/h4,13-14,20H,2-3,5-12H2,1H3. The highest BCUT2D eigenvalue weighted by Crippen LogP contribution is 2.36. The molecule has 0 amide bonds. The zero-order chi connectivity index (χ0) is 16.7. The molecule has 1 aliphatic heterocycles. The van der Waals surface area contributed by atoms with Crippen LogP contribution in [0.15, 0.2) is 29.1 Å². The van der Waals surface area contributed by atoms with Crippen molar-refractivity contribution in [1.29, 1.82) is 0 Å². The molecule has 0 bridgehead atoms. The number of aliphatic hydroxyl groups excluding tert-OH is 1. The number of ether oxygens (including phenoxy) is 1. The number of nitrogens with zero attached hydrogens (tertiary/aromatic N) is 1. The third kappa shape index (κ3) is 4.67. The molecule has 23 heavy (non-hydrogen) atoms. The molecule has 0 aromatic rings. The van der Waals surface area contributed by atoms with E-state index >= 15 is 0 Å². The fourth-order valence-corrected chi connectivity index (χ4v) is 3.39. The van der Waals surface area contributed by atoms with E-state index in [1.165, 1.54) is 0 Å². The molecule has 1 heterocycles. The largest absolute Gasteiger partial charge is 0.511 e. The van der Waals surface area contributed by atoms with Crippen molar-refractivity contribution in [3.05, 3.63) is 24.0 Å². The average Bonchev–Trinajstić information content (AvgIpc) is 2.55. The summed E-state index contributed by atoms with van der Waals surface area (Å²) in [5.74, 6) is 0.832. The number of aliphatic hydroxyl groups is 1. The lowest BCUT2D eigenvalue weighted by Gasteiger charge is -2.32. The fraction of sp³-hybridized carbons (Fsp3) is 0.667. The van der Waals surface area contributed by atoms with Crippen molar-refractivity contribution in [2.24, 2.45) is 17.0 Å². The molecule has 1 saturated heterocycles. The van der Waals surface area contributed by atoms with Gasteiger partial charge in [0.15, 0.2) is 5.78 Å². The maximum absolute atomic E-state index is 12.6. The summed E-state index contributed by atoms with van der Waals surface area (Å²) in [6, 6.07) is 0. The van der Waals surface area contributed by atoms with Crippen LogP contribution in [0.1, 0.15) is 45.4 Å². The number of rotatable bonds is 7. The van der Waals surface area contributed by atoms with Gasteiger partial charge in [0, 0.05) is 26.1 Å². The van der Waals surface area contributed by atoms with E-state index in [0.717, 1.165) is 32.5 Å². The number of ketones is 1. The van der Waals surface area contributed by atoms with E-state index in [2.05, 4.69) is 11.7 Å². The van der Waals surface area contributed by atoms with Crippen LogP contribution >= 0.6 is 0 Å². The van der Waals surface area contributed by atoms with Crippen molar-refractivity contribution in [2.45, 2.75) is 45.4 Å². The SMILES string of the molecule is C=CCON=C(CCC)C1=C(O)CC(C2CCOCC2)CC1=O. The highest BCUT2D eigenvalue weighted by Gasteiger charge is 2.35. The van der Waals surface area contributed by atoms with Gasteiger partial charge >= 0.3 is 0 Å². The molecule has 0 spiro atoms. The Bertz CT molecular complexity index is 489. The van der Waals surface area contributed by atoms with Crippen molar-refractivity contribution >= 4 is 11.5 Å². The Morgan fingerprint density at radius 3 is 2.74 bits per heavy atom. The Balaban J connectivity index is 2.14. The first-order valence-electron chi connectivity index (χ1n) is 8.50. The summed E-state index contributed by atoms with van der Waals surface area (Å²) in [4.78, 5) is 17.7. The van der Waals surface area contributed by atoms with Gasteiger partial charge in [0.05, 0.1) is 11.3 Å². The second kappa shape index (κ2) is 8.87. The molecular weight excluding hydrogens is 294 g/mol. The minimum absolute atomic E-state index is 0.0142. The summed E-state index contributed by atoms with van der Waals surface area (Å²) < 4.78 is 5.39. The monoisotopic (exact) mass is 321 g/mol. The fourth-order valence-electron chi connectivity index (χ4n) is 3.39. The molecular formula is C18H27NO4. The Kier molecular flexibility index (Phi) is 6.84. The molecule has 2 aliphatic rings. The number of Topliss-reactive ketones (excluding diaryl/α,β-unsaturated/α-hetero) is 1. The molecule has 5 heteroatoms. The first kappa shape index (κ1) is 17.7. The summed E-state index contributed by atoms with van der Waals surface area (Å²) >= 11 is 0. The predicted octanol–water partition coefficient (Wildman–Crippen LogP) is 3.56. The van der Waals surface area contributed by atoms with Crippen LogP contribution in [0.3, 0.4) is 0 Å². The summed E-state index contributed by atoms with van der Waals surface area (Å²) in [6.07, 6.45) is 6.03. The van der Waals surface area contributed by atoms with Crippen molar-refractivity contribution < 1.29 is 19.5 Å². The van der Waals surface area contributed by atoms with Crippen LogP contribution in [-0.4, -0.2) is 36.4 Å². The Labute approximate surface area is 138 Å². The normalized spacial score (nSPS) is 24.0. The minimum Gasteiger partial charge on any atom is -0.511 e. The summed E-state index contributed by atoms with van der Waals surface area (Å²) in [5, 5.41) is 14.5. The van der Waals surface area contributed by atoms with Crippen LogP contribution in [0.2, 0.25) is 0 Å². The summed E-state index contributed by atoms with van der Waals surface area (Å²) in [6.45, 7) is 7.39. The number of oxime groups is 1. The third-order valence-corrected chi connectivity index (χ3v) is 4.55. The molecule has 1 unspecified atom stereocenters. The van der Waals surface area contributed by atoms with E-state index in [-0.39, 0.29) is 17.5 Å². The highest BCUT2D eigenvalue weighted by atomic mass is 16.6. The Morgan fingerprint density at radius 1 is 1.39 bits per heavy atom. The summed E-state index contributed by atoms with van der Waals surface area (Å²) in [5.41, 5.74) is 0.932. The quantitative estimate of drug-likeness (QED) is 0.337. The van der Waals surface area contributed by atoms with Gasteiger partial charge in [0.25, 0.3) is 0 Å². The van der Waals surface area contributed by atoms with Gasteiger partial charge in [-0.15, -0.1) is 0 Å². The summed E-state index contributed by atoms with van der Waals surface area (Å²) in [7, 11) is 0. The number of hydrogen-bond donors (Lipinski definition) is 1. The highest BCUT2D eigenvalue weighted by molar-refractivity contribution is 6.23. The second-order valence-electron chi connectivity index (χ2n) is 6.24. The van der Waals surface area contributed by atoms with Gasteiger partial charge in [-0.2, -0.15) is 0 Å². The number of carbonyl (C=O) groups excluding carboxylic acids is 1. The van der Waals surface area contributed by atoms with E-state index in [4.69, 9.17) is 9.57 Å². The lowest BCUT2D eigenvalue weighted by Crippen LogP contribution is -2.31. The first-order chi connectivity index (χ1) is 11.2. The molecule has 1 N–H and O–H groups in total. The molecule has 1 fully saturated rings. The third-order valence-electron chi connectivity index (χ3n) is 4.55. The van der Waals surface area contributed by atoms with Gasteiger partial charge in [-0.25, -0.2) is 0 Å². The predicted molar refractivity (Wildman–Crippen MR) is 89.4 cm³/mol. The molecule has 0 saturated carbocycles. The second-order valence-corrected chi connectivity index (χ2v) is 6.24. The van der Waals surface area contributed by atoms with Gasteiger partial charge in [0.1, 0.15) is 12.4 Å². The maximum Gasteiger partial charge on any atom is 0.168 e. The molecule has 1 aliphatic carbocycles. The minimum atomic E-state index is -0.0142. The first-order valence-corrected chi connectivity index (χ1v) is 8.50. The van der Waals surface area contributed by atoms with E-state index in [1.54, 1.807) is 6.08 Å². The zero-order valence-corrected chi connectivity index (χ0v) is 13.9. The van der Waals surface area contributed by atoms with Gasteiger partial charge in [-0.05, 0) is 31.1 Å².